The summed E-state index contributed by atoms with van der Waals surface area (Å²) in [4.78, 5) is 4.84. The molecule has 1 aliphatic heterocycles. The number of rotatable bonds is 4. The Hall–Kier alpha value is -0.380. The number of hydrogen-bond donors (Lipinski definition) is 0. The van der Waals surface area contributed by atoms with Gasteiger partial charge >= 0.3 is 0 Å². The topological polar surface area (TPSA) is 15.7 Å². The molecule has 0 aromatic rings. The van der Waals surface area contributed by atoms with E-state index in [9.17, 15) is 0 Å². The summed E-state index contributed by atoms with van der Waals surface area (Å²) in [6.45, 7) is 14.9. The monoisotopic (exact) mass is 214 g/mol. The molecule has 0 aromatic carbocycles. The Morgan fingerprint density at radius 1 is 1.27 bits per heavy atom. The van der Waals surface area contributed by atoms with Crippen molar-refractivity contribution in [3.63, 3.8) is 0 Å². The average molecular weight is 214 g/mol. The standard InChI is InChI=1S/C9H20N2O.C3H6/c1-3-12-9-8-11-6-4-10(2)5-7-11;1-3-2/h3-9H2,1-2H3;3H,1H2,2H3. The number of piperazine rings is 1. The van der Waals surface area contributed by atoms with E-state index in [4.69, 9.17) is 4.74 Å². The van der Waals surface area contributed by atoms with E-state index in [-0.39, 0.29) is 0 Å². The second-order valence-corrected chi connectivity index (χ2v) is 3.75. The lowest BCUT2D eigenvalue weighted by Gasteiger charge is -2.32. The first-order chi connectivity index (χ1) is 7.24. The van der Waals surface area contributed by atoms with Gasteiger partial charge in [-0.05, 0) is 20.9 Å². The van der Waals surface area contributed by atoms with Crippen LogP contribution in [-0.4, -0.2) is 62.8 Å². The molecule has 1 heterocycles. The number of ether oxygens (including phenoxy) is 1. The highest BCUT2D eigenvalue weighted by molar-refractivity contribution is 4.68. The fourth-order valence-corrected chi connectivity index (χ4v) is 1.41. The lowest BCUT2D eigenvalue weighted by molar-refractivity contribution is 0.0882. The molecule has 0 spiro atoms. The maximum atomic E-state index is 5.31. The molecule has 90 valence electrons. The van der Waals surface area contributed by atoms with Crippen molar-refractivity contribution in [1.29, 1.82) is 0 Å². The summed E-state index contributed by atoms with van der Waals surface area (Å²) in [5.74, 6) is 0. The summed E-state index contributed by atoms with van der Waals surface area (Å²) in [5.41, 5.74) is 0. The van der Waals surface area contributed by atoms with Crippen LogP contribution in [0.3, 0.4) is 0 Å². The van der Waals surface area contributed by atoms with Gasteiger partial charge in [-0.25, -0.2) is 0 Å². The zero-order chi connectivity index (χ0) is 11.5. The highest BCUT2D eigenvalue weighted by atomic mass is 16.5. The number of likely N-dealkylation sites (N-methyl/N-ethyl adjacent to an activating group) is 1. The SMILES string of the molecule is C=CC.CCOCCN1CCN(C)CC1. The molecule has 0 aromatic heterocycles. The Kier molecular flexibility index (Phi) is 9.89. The van der Waals surface area contributed by atoms with Crippen LogP contribution in [0.5, 0.6) is 0 Å². The maximum Gasteiger partial charge on any atom is 0.0593 e. The molecule has 0 saturated carbocycles. The molecule has 0 amide bonds. The first-order valence-electron chi connectivity index (χ1n) is 5.80. The van der Waals surface area contributed by atoms with Gasteiger partial charge in [0.1, 0.15) is 0 Å². The van der Waals surface area contributed by atoms with Gasteiger partial charge in [-0.15, -0.1) is 6.58 Å². The summed E-state index contributed by atoms with van der Waals surface area (Å²) < 4.78 is 5.31. The summed E-state index contributed by atoms with van der Waals surface area (Å²) >= 11 is 0. The van der Waals surface area contributed by atoms with Gasteiger partial charge in [-0.3, -0.25) is 4.90 Å². The largest absolute Gasteiger partial charge is 0.380 e. The minimum Gasteiger partial charge on any atom is -0.380 e. The van der Waals surface area contributed by atoms with E-state index in [0.29, 0.717) is 0 Å². The zero-order valence-electron chi connectivity index (χ0n) is 10.5. The van der Waals surface area contributed by atoms with Crippen molar-refractivity contribution < 1.29 is 4.74 Å². The fourth-order valence-electron chi connectivity index (χ4n) is 1.41. The zero-order valence-corrected chi connectivity index (χ0v) is 10.5. The van der Waals surface area contributed by atoms with Crippen molar-refractivity contribution in [2.45, 2.75) is 13.8 Å². The van der Waals surface area contributed by atoms with Crippen molar-refractivity contribution in [3.8, 4) is 0 Å². The molecular formula is C12H26N2O. The molecule has 0 atom stereocenters. The summed E-state index contributed by atoms with van der Waals surface area (Å²) in [7, 11) is 2.18. The van der Waals surface area contributed by atoms with Crippen LogP contribution in [0.1, 0.15) is 13.8 Å². The van der Waals surface area contributed by atoms with E-state index >= 15 is 0 Å². The van der Waals surface area contributed by atoms with Crippen molar-refractivity contribution in [2.75, 3.05) is 53.0 Å². The van der Waals surface area contributed by atoms with Crippen LogP contribution in [0.15, 0.2) is 12.7 Å². The van der Waals surface area contributed by atoms with Gasteiger partial charge in [0.05, 0.1) is 6.61 Å². The summed E-state index contributed by atoms with van der Waals surface area (Å²) in [6, 6.07) is 0. The third kappa shape index (κ3) is 8.60. The first-order valence-corrected chi connectivity index (χ1v) is 5.80. The molecule has 3 nitrogen and oxygen atoms in total. The van der Waals surface area contributed by atoms with E-state index in [1.165, 1.54) is 26.2 Å². The van der Waals surface area contributed by atoms with Gasteiger partial charge in [-0.2, -0.15) is 0 Å². The van der Waals surface area contributed by atoms with E-state index in [2.05, 4.69) is 23.4 Å². The molecule has 1 saturated heterocycles. The van der Waals surface area contributed by atoms with Gasteiger partial charge < -0.3 is 9.64 Å². The smallest absolute Gasteiger partial charge is 0.0593 e. The Labute approximate surface area is 94.7 Å². The minimum absolute atomic E-state index is 0.841. The van der Waals surface area contributed by atoms with Crippen molar-refractivity contribution >= 4 is 0 Å². The summed E-state index contributed by atoms with van der Waals surface area (Å²) in [5, 5.41) is 0. The number of hydrogen-bond acceptors (Lipinski definition) is 3. The quantitative estimate of drug-likeness (QED) is 0.520. The van der Waals surface area contributed by atoms with E-state index < -0.39 is 0 Å². The van der Waals surface area contributed by atoms with Crippen LogP contribution in [0.2, 0.25) is 0 Å². The van der Waals surface area contributed by atoms with E-state index in [1.807, 2.05) is 13.8 Å². The molecular weight excluding hydrogens is 188 g/mol. The Bertz CT molecular complexity index is 143. The van der Waals surface area contributed by atoms with Gasteiger partial charge in [0.25, 0.3) is 0 Å². The first kappa shape index (κ1) is 14.6. The maximum absolute atomic E-state index is 5.31. The molecule has 15 heavy (non-hydrogen) atoms. The minimum atomic E-state index is 0.841. The number of allylic oxidation sites excluding steroid dienone is 1. The van der Waals surface area contributed by atoms with Gasteiger partial charge in [0.2, 0.25) is 0 Å². The molecule has 1 fully saturated rings. The van der Waals surface area contributed by atoms with E-state index in [0.717, 1.165) is 19.8 Å². The molecule has 0 unspecified atom stereocenters. The molecule has 0 N–H and O–H groups in total. The molecule has 3 heteroatoms. The van der Waals surface area contributed by atoms with Gasteiger partial charge in [0.15, 0.2) is 0 Å². The van der Waals surface area contributed by atoms with Crippen molar-refractivity contribution in [1.82, 2.24) is 9.80 Å². The normalized spacial score (nSPS) is 18.1. The Morgan fingerprint density at radius 3 is 2.27 bits per heavy atom. The second kappa shape index (κ2) is 10.1. The summed E-state index contributed by atoms with van der Waals surface area (Å²) in [6.07, 6.45) is 1.75. The third-order valence-corrected chi connectivity index (χ3v) is 2.35. The average Bonchev–Trinajstić information content (AvgIpc) is 2.23. The van der Waals surface area contributed by atoms with Crippen molar-refractivity contribution in [3.05, 3.63) is 12.7 Å². The van der Waals surface area contributed by atoms with Crippen LogP contribution in [-0.2, 0) is 4.74 Å². The lowest BCUT2D eigenvalue weighted by atomic mass is 10.3. The Balaban J connectivity index is 0.000000583. The molecule has 1 aliphatic rings. The van der Waals surface area contributed by atoms with E-state index in [1.54, 1.807) is 6.08 Å². The second-order valence-electron chi connectivity index (χ2n) is 3.75. The molecule has 0 radical (unpaired) electrons. The van der Waals surface area contributed by atoms with Crippen LogP contribution in [0.25, 0.3) is 0 Å². The van der Waals surface area contributed by atoms with Crippen LogP contribution in [0.4, 0.5) is 0 Å². The highest BCUT2D eigenvalue weighted by Crippen LogP contribution is 1.97. The predicted molar refractivity (Wildman–Crippen MR) is 66.3 cm³/mol. The van der Waals surface area contributed by atoms with Crippen LogP contribution < -0.4 is 0 Å². The predicted octanol–water partition coefficient (Wildman–Crippen LogP) is 1.46. The van der Waals surface area contributed by atoms with Crippen LogP contribution >= 0.6 is 0 Å². The highest BCUT2D eigenvalue weighted by Gasteiger charge is 2.12. The lowest BCUT2D eigenvalue weighted by Crippen LogP contribution is -2.45. The fraction of sp³-hybridized carbons (Fsp3) is 0.833. The molecule has 0 bridgehead atoms. The molecule has 1 rings (SSSR count). The van der Waals surface area contributed by atoms with Gasteiger partial charge in [0, 0.05) is 39.3 Å². The Morgan fingerprint density at radius 2 is 1.80 bits per heavy atom. The van der Waals surface area contributed by atoms with Gasteiger partial charge in [-0.1, -0.05) is 6.08 Å². The third-order valence-electron chi connectivity index (χ3n) is 2.35. The molecule has 0 aliphatic carbocycles. The van der Waals surface area contributed by atoms with Crippen LogP contribution in [0, 0.1) is 0 Å². The number of nitrogens with zero attached hydrogens (tertiary/aromatic N) is 2. The van der Waals surface area contributed by atoms with Crippen molar-refractivity contribution in [2.24, 2.45) is 0 Å².